The van der Waals surface area contributed by atoms with Gasteiger partial charge in [-0.15, -0.1) is 0 Å². The predicted octanol–water partition coefficient (Wildman–Crippen LogP) is 4.06. The second-order valence-corrected chi connectivity index (χ2v) is 14.0. The summed E-state index contributed by atoms with van der Waals surface area (Å²) in [5, 5.41) is 11.7. The Kier molecular flexibility index (Phi) is 4.51. The third-order valence-electron chi connectivity index (χ3n) is 5.96. The van der Waals surface area contributed by atoms with E-state index in [0.717, 1.165) is 29.7 Å². The van der Waals surface area contributed by atoms with Crippen molar-refractivity contribution in [2.45, 2.75) is 57.5 Å². The summed E-state index contributed by atoms with van der Waals surface area (Å²) < 4.78 is 5.42. The molecule has 2 aliphatic carbocycles. The minimum absolute atomic E-state index is 0.167. The number of aliphatic hydroxyl groups excluding tert-OH is 1. The van der Waals surface area contributed by atoms with Crippen LogP contribution in [0, 0.1) is 12.8 Å². The molecule has 25 heavy (non-hydrogen) atoms. The number of fused-ring (bicyclic) bond motifs is 1. The number of nitrogens with two attached hydrogens (primary N) is 1. The third kappa shape index (κ3) is 3.11. The van der Waals surface area contributed by atoms with Gasteiger partial charge in [0.05, 0.1) is 21.3 Å². The molecule has 2 aliphatic rings. The topological polar surface area (TPSA) is 55.5 Å². The van der Waals surface area contributed by atoms with E-state index in [1.54, 1.807) is 7.11 Å². The Balaban J connectivity index is 2.17. The van der Waals surface area contributed by atoms with Crippen LogP contribution in [-0.2, 0) is 0 Å². The average Bonchev–Trinajstić information content (AvgIpc) is 2.81. The number of hydrogen-bond donors (Lipinski definition) is 2. The molecule has 0 amide bonds. The molecule has 0 unspecified atom stereocenters. The summed E-state index contributed by atoms with van der Waals surface area (Å²) >= 11 is 0. The molecule has 4 heteroatoms. The van der Waals surface area contributed by atoms with Crippen LogP contribution in [0.15, 0.2) is 35.5 Å². The van der Waals surface area contributed by atoms with E-state index in [-0.39, 0.29) is 17.6 Å². The van der Waals surface area contributed by atoms with E-state index in [1.165, 1.54) is 16.3 Å². The molecule has 0 aromatic heterocycles. The van der Waals surface area contributed by atoms with Crippen LogP contribution < -0.4 is 10.5 Å². The Labute approximate surface area is 152 Å². The van der Waals surface area contributed by atoms with Gasteiger partial charge in [0, 0.05) is 11.5 Å². The molecule has 3 atom stereocenters. The zero-order valence-corrected chi connectivity index (χ0v) is 17.1. The van der Waals surface area contributed by atoms with Crippen LogP contribution in [0.25, 0.3) is 5.57 Å². The zero-order chi connectivity index (χ0) is 18.6. The van der Waals surface area contributed by atoms with Crippen molar-refractivity contribution < 1.29 is 9.84 Å². The van der Waals surface area contributed by atoms with Crippen LogP contribution in [0.4, 0.5) is 0 Å². The Morgan fingerprint density at radius 3 is 2.56 bits per heavy atom. The highest BCUT2D eigenvalue weighted by atomic mass is 28.3. The van der Waals surface area contributed by atoms with Crippen LogP contribution >= 0.6 is 0 Å². The van der Waals surface area contributed by atoms with E-state index >= 15 is 0 Å². The largest absolute Gasteiger partial charge is 0.496 e. The first kappa shape index (κ1) is 18.4. The summed E-state index contributed by atoms with van der Waals surface area (Å²) in [6.45, 7) is 13.7. The standard InChI is InChI=1S/C21H31NO2Si/c1-13-9-15(7-8-18(13)24-3)20-14(2)17-10-16(23)11-21(17,22)12-19(20)25(4,5)6/h7-9,16-17,23H,2,10-12,22H2,1,3-6H3/t16-,17+,21-/m0/s1. The monoisotopic (exact) mass is 357 g/mol. The molecule has 0 bridgehead atoms. The van der Waals surface area contributed by atoms with Crippen molar-refractivity contribution in [3.8, 4) is 5.75 Å². The van der Waals surface area contributed by atoms with Crippen LogP contribution in [-0.4, -0.2) is 31.9 Å². The maximum atomic E-state index is 10.3. The van der Waals surface area contributed by atoms with Crippen molar-refractivity contribution in [2.24, 2.45) is 11.7 Å². The molecule has 3 nitrogen and oxygen atoms in total. The van der Waals surface area contributed by atoms with Gasteiger partial charge >= 0.3 is 0 Å². The molecule has 1 saturated carbocycles. The Morgan fingerprint density at radius 1 is 1.32 bits per heavy atom. The van der Waals surface area contributed by atoms with Crippen molar-refractivity contribution in [3.05, 3.63) is 46.7 Å². The fourth-order valence-corrected chi connectivity index (χ4v) is 6.59. The molecule has 3 N–H and O–H groups in total. The van der Waals surface area contributed by atoms with Crippen molar-refractivity contribution in [3.63, 3.8) is 0 Å². The Bertz CT molecular complexity index is 747. The molecule has 0 spiro atoms. The van der Waals surface area contributed by atoms with Gasteiger partial charge < -0.3 is 15.6 Å². The maximum absolute atomic E-state index is 10.3. The molecule has 136 valence electrons. The molecule has 3 rings (SSSR count). The minimum Gasteiger partial charge on any atom is -0.496 e. The molecule has 0 saturated heterocycles. The second-order valence-electron chi connectivity index (χ2n) is 8.87. The SMILES string of the molecule is C=C1C(c2ccc(OC)c(C)c2)=C([Si](C)(C)C)C[C@@]2(N)C[C@@H](O)C[C@H]12. The first-order valence-corrected chi connectivity index (χ1v) is 12.6. The number of hydrogen-bond acceptors (Lipinski definition) is 3. The number of benzene rings is 1. The summed E-state index contributed by atoms with van der Waals surface area (Å²) in [4.78, 5) is 0. The lowest BCUT2D eigenvalue weighted by Crippen LogP contribution is -2.49. The number of methoxy groups -OCH3 is 1. The summed E-state index contributed by atoms with van der Waals surface area (Å²) in [6, 6.07) is 6.39. The van der Waals surface area contributed by atoms with E-state index < -0.39 is 8.07 Å². The minimum atomic E-state index is -1.59. The normalized spacial score (nSPS) is 29.8. The highest BCUT2D eigenvalue weighted by Crippen LogP contribution is 2.53. The van der Waals surface area contributed by atoms with Crippen LogP contribution in [0.2, 0.25) is 19.6 Å². The van der Waals surface area contributed by atoms with Gasteiger partial charge in [-0.1, -0.05) is 37.5 Å². The summed E-state index contributed by atoms with van der Waals surface area (Å²) in [7, 11) is 0.119. The fraction of sp³-hybridized carbons (Fsp3) is 0.524. The van der Waals surface area contributed by atoms with Crippen molar-refractivity contribution in [1.82, 2.24) is 0 Å². The lowest BCUT2D eigenvalue weighted by atomic mass is 9.71. The molecular weight excluding hydrogens is 326 g/mol. The average molecular weight is 358 g/mol. The van der Waals surface area contributed by atoms with Crippen molar-refractivity contribution in [1.29, 1.82) is 0 Å². The number of rotatable bonds is 3. The lowest BCUT2D eigenvalue weighted by molar-refractivity contribution is 0.173. The van der Waals surface area contributed by atoms with E-state index in [1.807, 2.05) is 6.07 Å². The van der Waals surface area contributed by atoms with E-state index in [2.05, 4.69) is 45.3 Å². The molecule has 1 aromatic carbocycles. The zero-order valence-electron chi connectivity index (χ0n) is 16.1. The third-order valence-corrected chi connectivity index (χ3v) is 8.19. The van der Waals surface area contributed by atoms with Gasteiger partial charge in [0.1, 0.15) is 5.75 Å². The van der Waals surface area contributed by atoms with Gasteiger partial charge in [-0.25, -0.2) is 0 Å². The number of aryl methyl sites for hydroxylation is 1. The quantitative estimate of drug-likeness (QED) is 0.802. The van der Waals surface area contributed by atoms with E-state index in [9.17, 15) is 5.11 Å². The lowest BCUT2D eigenvalue weighted by Gasteiger charge is -2.43. The Hall–Kier alpha value is -1.36. The Morgan fingerprint density at radius 2 is 2.00 bits per heavy atom. The molecule has 1 fully saturated rings. The van der Waals surface area contributed by atoms with Gasteiger partial charge in [0.15, 0.2) is 0 Å². The second kappa shape index (κ2) is 6.11. The summed E-state index contributed by atoms with van der Waals surface area (Å²) in [5.74, 6) is 1.07. The fourth-order valence-electron chi connectivity index (χ4n) is 4.67. The summed E-state index contributed by atoms with van der Waals surface area (Å²) in [6.07, 6.45) is 1.97. The number of ether oxygens (including phenoxy) is 1. The predicted molar refractivity (Wildman–Crippen MR) is 107 cm³/mol. The van der Waals surface area contributed by atoms with Gasteiger partial charge in [-0.3, -0.25) is 0 Å². The van der Waals surface area contributed by atoms with E-state index in [4.69, 9.17) is 10.5 Å². The number of allylic oxidation sites excluding steroid dienone is 1. The first-order chi connectivity index (χ1) is 11.6. The highest BCUT2D eigenvalue weighted by Gasteiger charge is 2.50. The van der Waals surface area contributed by atoms with Gasteiger partial charge in [-0.05, 0) is 60.6 Å². The number of aliphatic hydroxyl groups is 1. The van der Waals surface area contributed by atoms with Gasteiger partial charge in [0.2, 0.25) is 0 Å². The van der Waals surface area contributed by atoms with Crippen molar-refractivity contribution in [2.75, 3.05) is 7.11 Å². The maximum Gasteiger partial charge on any atom is 0.121 e. The smallest absolute Gasteiger partial charge is 0.121 e. The molecular formula is C21H31NO2Si. The highest BCUT2D eigenvalue weighted by molar-refractivity contribution is 6.84. The van der Waals surface area contributed by atoms with E-state index in [0.29, 0.717) is 6.42 Å². The molecule has 0 heterocycles. The first-order valence-electron chi connectivity index (χ1n) is 9.11. The van der Waals surface area contributed by atoms with Crippen LogP contribution in [0.5, 0.6) is 5.75 Å². The molecule has 1 aromatic rings. The molecule has 0 aliphatic heterocycles. The van der Waals surface area contributed by atoms with Crippen LogP contribution in [0.1, 0.15) is 30.4 Å². The summed E-state index contributed by atoms with van der Waals surface area (Å²) in [5.41, 5.74) is 11.2. The van der Waals surface area contributed by atoms with Crippen LogP contribution in [0.3, 0.4) is 0 Å². The van der Waals surface area contributed by atoms with Crippen molar-refractivity contribution >= 4 is 13.6 Å². The van der Waals surface area contributed by atoms with Gasteiger partial charge in [0.25, 0.3) is 0 Å². The molecule has 0 radical (unpaired) electrons. The van der Waals surface area contributed by atoms with Gasteiger partial charge in [-0.2, -0.15) is 0 Å².